The van der Waals surface area contributed by atoms with Crippen LogP contribution < -0.4 is 4.74 Å². The van der Waals surface area contributed by atoms with Gasteiger partial charge >= 0.3 is 0 Å². The van der Waals surface area contributed by atoms with Gasteiger partial charge in [0.25, 0.3) is 0 Å². The standard InChI is InChI=1S/C12H15N3O3S/c1-18-10-5-2-6-15-12(10)13-11(14-15)9-4-3-7-19(16,17)8-9/h2,5-6,9H,3-4,7-8H2,1H3. The van der Waals surface area contributed by atoms with Crippen LogP contribution >= 0.6 is 0 Å². The summed E-state index contributed by atoms with van der Waals surface area (Å²) in [7, 11) is -1.38. The lowest BCUT2D eigenvalue weighted by Crippen LogP contribution is -2.24. The third-order valence-corrected chi connectivity index (χ3v) is 5.21. The van der Waals surface area contributed by atoms with Gasteiger partial charge in [0.1, 0.15) is 0 Å². The fourth-order valence-corrected chi connectivity index (χ4v) is 4.16. The quantitative estimate of drug-likeness (QED) is 0.822. The van der Waals surface area contributed by atoms with Gasteiger partial charge in [-0.05, 0) is 25.0 Å². The molecule has 0 radical (unpaired) electrons. The highest BCUT2D eigenvalue weighted by Crippen LogP contribution is 2.27. The van der Waals surface area contributed by atoms with Crippen LogP contribution in [0.4, 0.5) is 0 Å². The van der Waals surface area contributed by atoms with E-state index >= 15 is 0 Å². The second-order valence-electron chi connectivity index (χ2n) is 4.77. The van der Waals surface area contributed by atoms with Crippen molar-refractivity contribution in [2.45, 2.75) is 18.8 Å². The van der Waals surface area contributed by atoms with E-state index in [0.717, 1.165) is 6.42 Å². The molecule has 19 heavy (non-hydrogen) atoms. The average molecular weight is 281 g/mol. The molecule has 6 nitrogen and oxygen atoms in total. The number of aromatic nitrogens is 3. The van der Waals surface area contributed by atoms with Crippen molar-refractivity contribution in [2.24, 2.45) is 0 Å². The number of fused-ring (bicyclic) bond motifs is 1. The Balaban J connectivity index is 2.02. The van der Waals surface area contributed by atoms with E-state index in [0.29, 0.717) is 23.6 Å². The predicted molar refractivity (Wildman–Crippen MR) is 70.2 cm³/mol. The van der Waals surface area contributed by atoms with Gasteiger partial charge in [-0.25, -0.2) is 17.9 Å². The number of ether oxygens (including phenoxy) is 1. The minimum atomic E-state index is -2.95. The van der Waals surface area contributed by atoms with Crippen molar-refractivity contribution >= 4 is 15.5 Å². The van der Waals surface area contributed by atoms with Crippen molar-refractivity contribution < 1.29 is 13.2 Å². The van der Waals surface area contributed by atoms with Crippen molar-refractivity contribution in [3.8, 4) is 5.75 Å². The van der Waals surface area contributed by atoms with Crippen LogP contribution in [-0.2, 0) is 9.84 Å². The monoisotopic (exact) mass is 281 g/mol. The molecule has 3 heterocycles. The molecule has 0 N–H and O–H groups in total. The van der Waals surface area contributed by atoms with Gasteiger partial charge in [0.15, 0.2) is 27.1 Å². The molecule has 3 rings (SSSR count). The van der Waals surface area contributed by atoms with E-state index in [-0.39, 0.29) is 17.4 Å². The van der Waals surface area contributed by atoms with Gasteiger partial charge in [-0.3, -0.25) is 0 Å². The maximum absolute atomic E-state index is 11.7. The van der Waals surface area contributed by atoms with E-state index in [9.17, 15) is 8.42 Å². The molecule has 7 heteroatoms. The van der Waals surface area contributed by atoms with Crippen LogP contribution in [0.2, 0.25) is 0 Å². The van der Waals surface area contributed by atoms with Crippen LogP contribution in [0.1, 0.15) is 24.6 Å². The molecule has 0 amide bonds. The average Bonchev–Trinajstić information content (AvgIpc) is 2.81. The summed E-state index contributed by atoms with van der Waals surface area (Å²) in [4.78, 5) is 4.44. The van der Waals surface area contributed by atoms with Gasteiger partial charge in [0.05, 0.1) is 18.6 Å². The molecule has 0 bridgehead atoms. The van der Waals surface area contributed by atoms with Gasteiger partial charge in [-0.2, -0.15) is 5.10 Å². The second-order valence-corrected chi connectivity index (χ2v) is 7.00. The van der Waals surface area contributed by atoms with Crippen molar-refractivity contribution in [1.82, 2.24) is 14.6 Å². The summed E-state index contributed by atoms with van der Waals surface area (Å²) in [5, 5.41) is 4.37. The minimum absolute atomic E-state index is 0.108. The van der Waals surface area contributed by atoms with E-state index in [2.05, 4.69) is 10.1 Å². The Bertz CT molecular complexity index is 708. The van der Waals surface area contributed by atoms with Gasteiger partial charge in [0, 0.05) is 12.1 Å². The molecule has 1 saturated heterocycles. The zero-order chi connectivity index (χ0) is 13.5. The van der Waals surface area contributed by atoms with Gasteiger partial charge in [-0.15, -0.1) is 0 Å². The highest BCUT2D eigenvalue weighted by Gasteiger charge is 2.29. The van der Waals surface area contributed by atoms with Gasteiger partial charge in [-0.1, -0.05) is 0 Å². The third kappa shape index (κ3) is 2.30. The molecule has 1 aliphatic heterocycles. The van der Waals surface area contributed by atoms with Crippen molar-refractivity contribution in [2.75, 3.05) is 18.6 Å². The summed E-state index contributed by atoms with van der Waals surface area (Å²) in [6.07, 6.45) is 3.28. The summed E-state index contributed by atoms with van der Waals surface area (Å²) in [5.74, 6) is 1.54. The fourth-order valence-electron chi connectivity index (χ4n) is 2.46. The van der Waals surface area contributed by atoms with Crippen LogP contribution in [0, 0.1) is 0 Å². The molecule has 102 valence electrons. The summed E-state index contributed by atoms with van der Waals surface area (Å²) < 4.78 is 30.2. The number of hydrogen-bond donors (Lipinski definition) is 0. The SMILES string of the molecule is COc1cccn2nc(C3CCCS(=O)(=O)C3)nc12. The lowest BCUT2D eigenvalue weighted by Gasteiger charge is -2.18. The Kier molecular flexibility index (Phi) is 2.93. The summed E-state index contributed by atoms with van der Waals surface area (Å²) in [6.45, 7) is 0. The predicted octanol–water partition coefficient (Wildman–Crippen LogP) is 1.03. The molecule has 0 aliphatic carbocycles. The minimum Gasteiger partial charge on any atom is -0.493 e. The summed E-state index contributed by atoms with van der Waals surface area (Å²) in [6, 6.07) is 3.63. The first-order chi connectivity index (χ1) is 9.09. The molecule has 0 aromatic carbocycles. The lowest BCUT2D eigenvalue weighted by molar-refractivity contribution is 0.416. The number of methoxy groups -OCH3 is 1. The van der Waals surface area contributed by atoms with E-state index in [1.807, 2.05) is 12.1 Å². The van der Waals surface area contributed by atoms with Crippen LogP contribution in [0.5, 0.6) is 5.75 Å². The number of hydrogen-bond acceptors (Lipinski definition) is 5. The van der Waals surface area contributed by atoms with Gasteiger partial charge < -0.3 is 4.74 Å². The number of sulfone groups is 1. The third-order valence-electron chi connectivity index (χ3n) is 3.39. The van der Waals surface area contributed by atoms with Crippen LogP contribution in [0.25, 0.3) is 5.65 Å². The smallest absolute Gasteiger partial charge is 0.198 e. The second kappa shape index (κ2) is 4.48. The normalized spacial score (nSPS) is 22.5. The molecule has 1 atom stereocenters. The Labute approximate surface area is 111 Å². The first kappa shape index (κ1) is 12.4. The van der Waals surface area contributed by atoms with Crippen LogP contribution in [0.3, 0.4) is 0 Å². The van der Waals surface area contributed by atoms with Gasteiger partial charge in [0.2, 0.25) is 0 Å². The number of nitrogens with zero attached hydrogens (tertiary/aromatic N) is 3. The molecule has 1 aliphatic rings. The molecule has 1 unspecified atom stereocenters. The van der Waals surface area contributed by atoms with Crippen LogP contribution in [0.15, 0.2) is 18.3 Å². The zero-order valence-electron chi connectivity index (χ0n) is 10.6. The molecule has 0 spiro atoms. The van der Waals surface area contributed by atoms with Crippen molar-refractivity contribution in [1.29, 1.82) is 0 Å². The Hall–Kier alpha value is -1.63. The van der Waals surface area contributed by atoms with Crippen LogP contribution in [-0.4, -0.2) is 41.6 Å². The lowest BCUT2D eigenvalue weighted by atomic mass is 10.1. The molecular weight excluding hydrogens is 266 g/mol. The van der Waals surface area contributed by atoms with E-state index < -0.39 is 9.84 Å². The topological polar surface area (TPSA) is 73.6 Å². The maximum atomic E-state index is 11.7. The molecular formula is C12H15N3O3S. The molecule has 2 aromatic rings. The fraction of sp³-hybridized carbons (Fsp3) is 0.500. The van der Waals surface area contributed by atoms with Crippen molar-refractivity contribution in [3.05, 3.63) is 24.2 Å². The highest BCUT2D eigenvalue weighted by molar-refractivity contribution is 7.91. The van der Waals surface area contributed by atoms with E-state index in [4.69, 9.17) is 4.74 Å². The summed E-state index contributed by atoms with van der Waals surface area (Å²) >= 11 is 0. The molecule has 1 fully saturated rings. The molecule has 0 saturated carbocycles. The first-order valence-corrected chi connectivity index (χ1v) is 8.01. The number of rotatable bonds is 2. The Morgan fingerprint density at radius 2 is 2.32 bits per heavy atom. The largest absolute Gasteiger partial charge is 0.493 e. The van der Waals surface area contributed by atoms with Crippen molar-refractivity contribution in [3.63, 3.8) is 0 Å². The zero-order valence-corrected chi connectivity index (χ0v) is 11.4. The first-order valence-electron chi connectivity index (χ1n) is 6.19. The highest BCUT2D eigenvalue weighted by atomic mass is 32.2. The maximum Gasteiger partial charge on any atom is 0.198 e. The molecule has 2 aromatic heterocycles. The Morgan fingerprint density at radius 1 is 1.47 bits per heavy atom. The van der Waals surface area contributed by atoms with E-state index in [1.54, 1.807) is 17.8 Å². The summed E-state index contributed by atoms with van der Waals surface area (Å²) in [5.41, 5.74) is 0.628. The number of pyridine rings is 1. The Morgan fingerprint density at radius 3 is 3.05 bits per heavy atom. The van der Waals surface area contributed by atoms with E-state index in [1.165, 1.54) is 0 Å².